The van der Waals surface area contributed by atoms with Crippen molar-refractivity contribution in [3.05, 3.63) is 58.9 Å². The van der Waals surface area contributed by atoms with Crippen molar-refractivity contribution < 1.29 is 14.3 Å². The Morgan fingerprint density at radius 3 is 2.71 bits per heavy atom. The van der Waals surface area contributed by atoms with E-state index in [0.717, 1.165) is 45.3 Å². The molecule has 5 rings (SSSR count). The number of rotatable bonds is 8. The molecule has 0 bridgehead atoms. The lowest BCUT2D eigenvalue weighted by Gasteiger charge is -2.26. The first-order chi connectivity index (χ1) is 17.2. The number of carbonyl (C=O) groups excluding carboxylic acids is 1. The summed E-state index contributed by atoms with van der Waals surface area (Å²) in [6, 6.07) is 10.6. The Morgan fingerprint density at radius 2 is 1.94 bits per heavy atom. The lowest BCUT2D eigenvalue weighted by atomic mass is 9.83. The van der Waals surface area contributed by atoms with Crippen LogP contribution in [0.3, 0.4) is 0 Å². The fraction of sp³-hybridized carbons (Fsp3) is 0.586. The number of nitrogens with zero attached hydrogens (tertiary/aromatic N) is 2. The van der Waals surface area contributed by atoms with E-state index in [1.807, 2.05) is 6.07 Å². The molecule has 0 saturated carbocycles. The number of fused-ring (bicyclic) bond motifs is 1. The van der Waals surface area contributed by atoms with Gasteiger partial charge in [-0.2, -0.15) is 0 Å². The first-order valence-corrected chi connectivity index (χ1v) is 13.5. The molecule has 2 aromatic rings. The van der Waals surface area contributed by atoms with E-state index in [2.05, 4.69) is 33.4 Å². The monoisotopic (exact) mass is 477 g/mol. The number of hydrogen-bond acceptors (Lipinski definition) is 5. The second-order valence-electron chi connectivity index (χ2n) is 10.4. The molecule has 0 radical (unpaired) electrons. The van der Waals surface area contributed by atoms with Gasteiger partial charge in [-0.1, -0.05) is 31.0 Å². The molecule has 1 amide bonds. The highest BCUT2D eigenvalue weighted by Gasteiger charge is 2.21. The van der Waals surface area contributed by atoms with Gasteiger partial charge in [0.2, 0.25) is 0 Å². The minimum atomic E-state index is -0.116. The summed E-state index contributed by atoms with van der Waals surface area (Å²) >= 11 is 0. The number of pyridine rings is 1. The smallest absolute Gasteiger partial charge is 0.269 e. The van der Waals surface area contributed by atoms with Crippen molar-refractivity contribution in [3.63, 3.8) is 0 Å². The molecule has 0 spiro atoms. The zero-order valence-electron chi connectivity index (χ0n) is 20.8. The number of carbonyl (C=O) groups is 1. The molecule has 6 nitrogen and oxygen atoms in total. The van der Waals surface area contributed by atoms with Crippen molar-refractivity contribution in [2.24, 2.45) is 5.92 Å². The summed E-state index contributed by atoms with van der Waals surface area (Å²) in [5.74, 6) is 1.03. The van der Waals surface area contributed by atoms with E-state index in [0.29, 0.717) is 30.5 Å². The highest BCUT2D eigenvalue weighted by molar-refractivity contribution is 5.92. The van der Waals surface area contributed by atoms with Crippen molar-refractivity contribution in [1.82, 2.24) is 15.2 Å². The maximum Gasteiger partial charge on any atom is 0.269 e. The van der Waals surface area contributed by atoms with Crippen LogP contribution in [0.1, 0.15) is 72.1 Å². The average Bonchev–Trinajstić information content (AvgIpc) is 3.29. The summed E-state index contributed by atoms with van der Waals surface area (Å²) in [4.78, 5) is 19.6. The van der Waals surface area contributed by atoms with Crippen molar-refractivity contribution in [3.8, 4) is 5.75 Å². The Hall–Kier alpha value is -2.44. The number of nitrogens with one attached hydrogen (secondary N) is 1. The third-order valence-electron chi connectivity index (χ3n) is 7.69. The Balaban J connectivity index is 1.07. The summed E-state index contributed by atoms with van der Waals surface area (Å²) in [5.41, 5.74) is 4.83. The molecule has 1 aromatic carbocycles. The Bertz CT molecular complexity index is 964. The van der Waals surface area contributed by atoms with Gasteiger partial charge < -0.3 is 14.8 Å². The molecular formula is C29H39N3O3. The van der Waals surface area contributed by atoms with Crippen LogP contribution in [0, 0.1) is 5.92 Å². The maximum absolute atomic E-state index is 12.6. The number of ether oxygens (including phenoxy) is 2. The molecular weight excluding hydrogens is 438 g/mol. The van der Waals surface area contributed by atoms with Crippen molar-refractivity contribution in [2.75, 3.05) is 32.8 Å². The van der Waals surface area contributed by atoms with Gasteiger partial charge in [0.25, 0.3) is 5.91 Å². The molecule has 1 unspecified atom stereocenters. The van der Waals surface area contributed by atoms with Gasteiger partial charge in [0.05, 0.1) is 12.3 Å². The van der Waals surface area contributed by atoms with E-state index >= 15 is 0 Å². The van der Waals surface area contributed by atoms with Crippen molar-refractivity contribution in [1.29, 1.82) is 0 Å². The first-order valence-electron chi connectivity index (χ1n) is 13.5. The minimum Gasteiger partial charge on any atom is -0.489 e. The van der Waals surface area contributed by atoms with Gasteiger partial charge in [0, 0.05) is 19.7 Å². The zero-order valence-corrected chi connectivity index (χ0v) is 20.8. The highest BCUT2D eigenvalue weighted by Crippen LogP contribution is 2.27. The predicted molar refractivity (Wildman–Crippen MR) is 137 cm³/mol. The summed E-state index contributed by atoms with van der Waals surface area (Å²) in [5, 5.41) is 3.10. The Kier molecular flexibility index (Phi) is 8.32. The van der Waals surface area contributed by atoms with Crippen LogP contribution in [-0.4, -0.2) is 54.7 Å². The van der Waals surface area contributed by atoms with Gasteiger partial charge in [-0.05, 0) is 92.8 Å². The molecule has 188 valence electrons. The lowest BCUT2D eigenvalue weighted by Crippen LogP contribution is -2.32. The molecule has 2 saturated heterocycles. The molecule has 6 heteroatoms. The molecule has 1 aromatic heterocycles. The Morgan fingerprint density at radius 1 is 1.06 bits per heavy atom. The number of aryl methyl sites for hydroxylation is 1. The summed E-state index contributed by atoms with van der Waals surface area (Å²) in [6.45, 7) is 5.59. The largest absolute Gasteiger partial charge is 0.489 e. The number of aromatic nitrogens is 1. The predicted octanol–water partition coefficient (Wildman–Crippen LogP) is 4.55. The van der Waals surface area contributed by atoms with Gasteiger partial charge >= 0.3 is 0 Å². The second-order valence-corrected chi connectivity index (χ2v) is 10.4. The SMILES string of the molecule is O=C(NCC1CCc2cc(CN3CCCCCC3)ccc2C1)c1ccc(OC[C@@H]2CCCO2)cn1. The van der Waals surface area contributed by atoms with Gasteiger partial charge in [-0.3, -0.25) is 9.69 Å². The van der Waals surface area contributed by atoms with E-state index < -0.39 is 0 Å². The van der Waals surface area contributed by atoms with Crippen LogP contribution in [0.25, 0.3) is 0 Å². The Labute approximate surface area is 209 Å². The summed E-state index contributed by atoms with van der Waals surface area (Å²) < 4.78 is 11.3. The molecule has 3 heterocycles. The molecule has 2 atom stereocenters. The van der Waals surface area contributed by atoms with Crippen molar-refractivity contribution >= 4 is 5.91 Å². The number of hydrogen-bond donors (Lipinski definition) is 1. The molecule has 35 heavy (non-hydrogen) atoms. The van der Waals surface area contributed by atoms with E-state index in [1.165, 1.54) is 55.5 Å². The van der Waals surface area contributed by atoms with Crippen molar-refractivity contribution in [2.45, 2.75) is 70.4 Å². The number of likely N-dealkylation sites (tertiary alicyclic amines) is 1. The molecule has 2 fully saturated rings. The van der Waals surface area contributed by atoms with Crippen LogP contribution in [0.4, 0.5) is 0 Å². The number of amides is 1. The average molecular weight is 478 g/mol. The standard InChI is InChI=1S/C29H39N3O3/c33-29(28-12-11-26(19-30-28)35-21-27-6-5-15-34-27)31-18-22-7-9-25-17-23(8-10-24(25)16-22)20-32-13-3-1-2-4-14-32/h8,10-12,17,19,22,27H,1-7,9,13-16,18,20-21H2,(H,31,33)/t22?,27-/m0/s1. The fourth-order valence-corrected chi connectivity index (χ4v) is 5.60. The van der Waals surface area contributed by atoms with Crippen LogP contribution in [0.2, 0.25) is 0 Å². The molecule has 1 aliphatic carbocycles. The summed E-state index contributed by atoms with van der Waals surface area (Å²) in [7, 11) is 0. The van der Waals surface area contributed by atoms with E-state index in [9.17, 15) is 4.79 Å². The van der Waals surface area contributed by atoms with E-state index in [4.69, 9.17) is 9.47 Å². The minimum absolute atomic E-state index is 0.116. The van der Waals surface area contributed by atoms with E-state index in [-0.39, 0.29) is 12.0 Å². The third kappa shape index (κ3) is 6.83. The molecule has 1 N–H and O–H groups in total. The quantitative estimate of drug-likeness (QED) is 0.604. The fourth-order valence-electron chi connectivity index (χ4n) is 5.60. The van der Waals surface area contributed by atoms with Gasteiger partial charge in [-0.25, -0.2) is 4.98 Å². The van der Waals surface area contributed by atoms with Crippen LogP contribution in [-0.2, 0) is 24.1 Å². The maximum atomic E-state index is 12.6. The van der Waals surface area contributed by atoms with Crippen LogP contribution in [0.5, 0.6) is 5.75 Å². The first kappa shape index (κ1) is 24.3. The zero-order chi connectivity index (χ0) is 23.9. The van der Waals surface area contributed by atoms with E-state index in [1.54, 1.807) is 12.3 Å². The van der Waals surface area contributed by atoms with Gasteiger partial charge in [0.1, 0.15) is 18.1 Å². The lowest BCUT2D eigenvalue weighted by molar-refractivity contribution is 0.0678. The third-order valence-corrected chi connectivity index (χ3v) is 7.69. The van der Waals surface area contributed by atoms with Gasteiger partial charge in [-0.15, -0.1) is 0 Å². The second kappa shape index (κ2) is 12.0. The highest BCUT2D eigenvalue weighted by atomic mass is 16.5. The van der Waals surface area contributed by atoms with Crippen LogP contribution in [0.15, 0.2) is 36.5 Å². The normalized spacial score (nSPS) is 22.9. The number of benzene rings is 1. The molecule has 3 aliphatic rings. The van der Waals surface area contributed by atoms with Crippen LogP contribution >= 0.6 is 0 Å². The van der Waals surface area contributed by atoms with Gasteiger partial charge in [0.15, 0.2) is 0 Å². The molecule has 2 aliphatic heterocycles. The topological polar surface area (TPSA) is 63.7 Å². The summed E-state index contributed by atoms with van der Waals surface area (Å²) in [6.07, 6.45) is 12.6. The van der Waals surface area contributed by atoms with Crippen LogP contribution < -0.4 is 10.1 Å².